The SMILES string of the molecule is Cn1c(C(=O)N/N=C/c2ccccc2)c(-c2ccccc2)c2ccccc2c1=O. The minimum Gasteiger partial charge on any atom is -0.306 e. The fourth-order valence-corrected chi connectivity index (χ4v) is 3.39. The van der Waals surface area contributed by atoms with E-state index in [1.807, 2.05) is 78.9 Å². The molecule has 0 saturated heterocycles. The van der Waals surface area contributed by atoms with Crippen LogP contribution in [0.5, 0.6) is 0 Å². The van der Waals surface area contributed by atoms with E-state index in [2.05, 4.69) is 10.5 Å². The number of hydrazone groups is 1. The zero-order valence-corrected chi connectivity index (χ0v) is 15.9. The van der Waals surface area contributed by atoms with Crippen LogP contribution < -0.4 is 11.0 Å². The predicted molar refractivity (Wildman–Crippen MR) is 116 cm³/mol. The second-order valence-electron chi connectivity index (χ2n) is 6.61. The summed E-state index contributed by atoms with van der Waals surface area (Å²) in [5.74, 6) is -0.443. The molecule has 0 spiro atoms. The van der Waals surface area contributed by atoms with Crippen molar-refractivity contribution in [1.82, 2.24) is 9.99 Å². The van der Waals surface area contributed by atoms with Crippen LogP contribution in [0.1, 0.15) is 16.1 Å². The summed E-state index contributed by atoms with van der Waals surface area (Å²) in [5.41, 5.74) is 5.03. The van der Waals surface area contributed by atoms with Crippen LogP contribution in [0.15, 0.2) is 94.8 Å². The molecule has 0 saturated carbocycles. The number of hydrogen-bond acceptors (Lipinski definition) is 3. The van der Waals surface area contributed by atoms with E-state index in [9.17, 15) is 9.59 Å². The molecule has 1 heterocycles. The first kappa shape index (κ1) is 18.4. The van der Waals surface area contributed by atoms with Crippen LogP contribution in [0.25, 0.3) is 21.9 Å². The van der Waals surface area contributed by atoms with Gasteiger partial charge >= 0.3 is 0 Å². The molecule has 3 aromatic carbocycles. The highest BCUT2D eigenvalue weighted by atomic mass is 16.2. The molecule has 5 nitrogen and oxygen atoms in total. The summed E-state index contributed by atoms with van der Waals surface area (Å²) in [4.78, 5) is 25.9. The molecule has 0 aliphatic rings. The van der Waals surface area contributed by atoms with Crippen molar-refractivity contribution in [3.63, 3.8) is 0 Å². The van der Waals surface area contributed by atoms with E-state index in [-0.39, 0.29) is 11.3 Å². The van der Waals surface area contributed by atoms with Gasteiger partial charge in [0.25, 0.3) is 11.5 Å². The lowest BCUT2D eigenvalue weighted by molar-refractivity contribution is 0.0947. The summed E-state index contributed by atoms with van der Waals surface area (Å²) in [6.07, 6.45) is 1.57. The summed E-state index contributed by atoms with van der Waals surface area (Å²) in [6, 6.07) is 26.4. The number of rotatable bonds is 4. The molecule has 0 unspecified atom stereocenters. The fraction of sp³-hybridized carbons (Fsp3) is 0.0417. The third-order valence-corrected chi connectivity index (χ3v) is 4.76. The molecule has 1 N–H and O–H groups in total. The average Bonchev–Trinajstić information content (AvgIpc) is 2.77. The molecule has 4 rings (SSSR count). The Hall–Kier alpha value is -3.99. The maximum absolute atomic E-state index is 13.1. The van der Waals surface area contributed by atoms with E-state index >= 15 is 0 Å². The molecule has 1 amide bonds. The summed E-state index contributed by atoms with van der Waals surface area (Å²) in [6.45, 7) is 0. The molecular weight excluding hydrogens is 362 g/mol. The molecule has 0 aliphatic carbocycles. The molecule has 1 aromatic heterocycles. The Morgan fingerprint density at radius 2 is 1.45 bits per heavy atom. The lowest BCUT2D eigenvalue weighted by atomic mass is 9.96. The third-order valence-electron chi connectivity index (χ3n) is 4.76. The van der Waals surface area contributed by atoms with Gasteiger partial charge in [0.15, 0.2) is 0 Å². The van der Waals surface area contributed by atoms with Crippen LogP contribution in [0.3, 0.4) is 0 Å². The molecule has 0 bridgehead atoms. The number of amides is 1. The van der Waals surface area contributed by atoms with Gasteiger partial charge in [0, 0.05) is 18.0 Å². The second kappa shape index (κ2) is 7.94. The number of nitrogens with one attached hydrogen (secondary N) is 1. The summed E-state index contributed by atoms with van der Waals surface area (Å²) >= 11 is 0. The van der Waals surface area contributed by atoms with Crippen molar-refractivity contribution < 1.29 is 4.79 Å². The van der Waals surface area contributed by atoms with Gasteiger partial charge in [0.05, 0.1) is 6.21 Å². The molecule has 4 aromatic rings. The van der Waals surface area contributed by atoms with E-state index in [1.54, 1.807) is 19.3 Å². The van der Waals surface area contributed by atoms with E-state index in [0.717, 1.165) is 16.5 Å². The van der Waals surface area contributed by atoms with Crippen molar-refractivity contribution in [3.8, 4) is 11.1 Å². The minimum atomic E-state index is -0.443. The largest absolute Gasteiger partial charge is 0.306 e. The smallest absolute Gasteiger partial charge is 0.288 e. The van der Waals surface area contributed by atoms with Crippen LogP contribution in [-0.4, -0.2) is 16.7 Å². The summed E-state index contributed by atoms with van der Waals surface area (Å²) in [5, 5.41) is 5.37. The van der Waals surface area contributed by atoms with E-state index in [1.165, 1.54) is 4.57 Å². The maximum atomic E-state index is 13.1. The van der Waals surface area contributed by atoms with Crippen LogP contribution >= 0.6 is 0 Å². The van der Waals surface area contributed by atoms with Gasteiger partial charge < -0.3 is 4.57 Å². The van der Waals surface area contributed by atoms with E-state index in [0.29, 0.717) is 10.9 Å². The van der Waals surface area contributed by atoms with Gasteiger partial charge in [0.1, 0.15) is 5.69 Å². The van der Waals surface area contributed by atoms with Crippen LogP contribution in [0.4, 0.5) is 0 Å². The Bertz CT molecular complexity index is 1260. The number of aromatic nitrogens is 1. The molecule has 0 fully saturated rings. The van der Waals surface area contributed by atoms with Crippen molar-refractivity contribution in [3.05, 3.63) is 107 Å². The Kier molecular flexibility index (Phi) is 5.03. The highest BCUT2D eigenvalue weighted by molar-refractivity contribution is 6.08. The van der Waals surface area contributed by atoms with Gasteiger partial charge in [-0.3, -0.25) is 9.59 Å². The number of pyridine rings is 1. The minimum absolute atomic E-state index is 0.225. The van der Waals surface area contributed by atoms with Gasteiger partial charge in [-0.05, 0) is 22.6 Å². The highest BCUT2D eigenvalue weighted by Gasteiger charge is 2.21. The third kappa shape index (κ3) is 3.58. The van der Waals surface area contributed by atoms with Crippen LogP contribution in [0, 0.1) is 0 Å². The van der Waals surface area contributed by atoms with Gasteiger partial charge in [0.2, 0.25) is 0 Å². The van der Waals surface area contributed by atoms with Gasteiger partial charge in [-0.2, -0.15) is 5.10 Å². The first-order chi connectivity index (χ1) is 14.2. The van der Waals surface area contributed by atoms with E-state index < -0.39 is 5.91 Å². The number of carbonyl (C=O) groups is 1. The van der Waals surface area contributed by atoms with Gasteiger partial charge in [-0.25, -0.2) is 5.43 Å². The first-order valence-corrected chi connectivity index (χ1v) is 9.22. The Morgan fingerprint density at radius 1 is 0.862 bits per heavy atom. The van der Waals surface area contributed by atoms with Crippen molar-refractivity contribution in [2.24, 2.45) is 12.1 Å². The molecular formula is C24H19N3O2. The lowest BCUT2D eigenvalue weighted by Crippen LogP contribution is -2.30. The van der Waals surface area contributed by atoms with Crippen molar-refractivity contribution in [2.75, 3.05) is 0 Å². The first-order valence-electron chi connectivity index (χ1n) is 9.22. The quantitative estimate of drug-likeness (QED) is 0.429. The van der Waals surface area contributed by atoms with Crippen LogP contribution in [-0.2, 0) is 7.05 Å². The van der Waals surface area contributed by atoms with Crippen molar-refractivity contribution >= 4 is 22.9 Å². The molecule has 29 heavy (non-hydrogen) atoms. The summed E-state index contributed by atoms with van der Waals surface area (Å²) in [7, 11) is 1.61. The zero-order valence-electron chi connectivity index (χ0n) is 15.9. The van der Waals surface area contributed by atoms with Gasteiger partial charge in [-0.1, -0.05) is 78.9 Å². The predicted octanol–water partition coefficient (Wildman–Crippen LogP) is 3.97. The number of fused-ring (bicyclic) bond motifs is 1. The Balaban J connectivity index is 1.85. The number of benzene rings is 3. The fourth-order valence-electron chi connectivity index (χ4n) is 3.39. The highest BCUT2D eigenvalue weighted by Crippen LogP contribution is 2.30. The maximum Gasteiger partial charge on any atom is 0.288 e. The second-order valence-corrected chi connectivity index (χ2v) is 6.61. The Morgan fingerprint density at radius 3 is 2.14 bits per heavy atom. The number of hydrogen-bond donors (Lipinski definition) is 1. The molecule has 0 atom stereocenters. The summed E-state index contributed by atoms with van der Waals surface area (Å²) < 4.78 is 1.39. The van der Waals surface area contributed by atoms with Crippen LogP contribution in [0.2, 0.25) is 0 Å². The standard InChI is InChI=1S/C24H19N3O2/c1-27-22(23(28)26-25-16-17-10-4-2-5-11-17)21(18-12-6-3-7-13-18)19-14-8-9-15-20(19)24(27)29/h2-16H,1H3,(H,26,28)/b25-16+. The molecule has 5 heteroatoms. The average molecular weight is 381 g/mol. The Labute approximate surface area is 167 Å². The topological polar surface area (TPSA) is 63.5 Å². The van der Waals surface area contributed by atoms with E-state index in [4.69, 9.17) is 0 Å². The zero-order chi connectivity index (χ0) is 20.2. The molecule has 0 radical (unpaired) electrons. The number of carbonyl (C=O) groups excluding carboxylic acids is 1. The molecule has 142 valence electrons. The normalized spacial score (nSPS) is 11.1. The number of nitrogens with zero attached hydrogens (tertiary/aromatic N) is 2. The lowest BCUT2D eigenvalue weighted by Gasteiger charge is -2.16. The van der Waals surface area contributed by atoms with Gasteiger partial charge in [-0.15, -0.1) is 0 Å². The van der Waals surface area contributed by atoms with Crippen molar-refractivity contribution in [2.45, 2.75) is 0 Å². The molecule has 0 aliphatic heterocycles. The van der Waals surface area contributed by atoms with Crippen molar-refractivity contribution in [1.29, 1.82) is 0 Å². The monoisotopic (exact) mass is 381 g/mol.